The van der Waals surface area contributed by atoms with Gasteiger partial charge in [-0.2, -0.15) is 5.26 Å². The Bertz CT molecular complexity index is 1470. The van der Waals surface area contributed by atoms with Crippen molar-refractivity contribution in [3.05, 3.63) is 47.3 Å². The molecule has 260 valence electrons. The highest BCUT2D eigenvalue weighted by Gasteiger charge is 2.68. The minimum Gasteiger partial charge on any atom is -0.444 e. The van der Waals surface area contributed by atoms with Gasteiger partial charge in [0, 0.05) is 18.6 Å². The van der Waals surface area contributed by atoms with Crippen molar-refractivity contribution in [3.63, 3.8) is 0 Å². The molecule has 48 heavy (non-hydrogen) atoms. The van der Waals surface area contributed by atoms with Crippen molar-refractivity contribution < 1.29 is 28.0 Å². The molecule has 6 aliphatic rings. The summed E-state index contributed by atoms with van der Waals surface area (Å²) in [4.78, 5) is 31.0. The molecule has 3 heterocycles. The van der Waals surface area contributed by atoms with Crippen LogP contribution >= 0.6 is 0 Å². The molecule has 1 aromatic rings. The van der Waals surface area contributed by atoms with Gasteiger partial charge in [0.1, 0.15) is 23.6 Å². The maximum atomic E-state index is 13.7. The molecular formula is C37H52BFN4O5. The fourth-order valence-corrected chi connectivity index (χ4v) is 9.08. The number of rotatable bonds is 8. The molecule has 11 heteroatoms. The van der Waals surface area contributed by atoms with E-state index in [1.807, 2.05) is 13.8 Å². The van der Waals surface area contributed by atoms with Gasteiger partial charge in [-0.25, -0.2) is 9.18 Å². The van der Waals surface area contributed by atoms with Crippen LogP contribution in [0.2, 0.25) is 0 Å². The monoisotopic (exact) mass is 662 g/mol. The maximum Gasteiger partial charge on any atom is 0.482 e. The lowest BCUT2D eigenvalue weighted by molar-refractivity contribution is -0.199. The number of nitrogens with one attached hydrogen (secondary N) is 1. The summed E-state index contributed by atoms with van der Waals surface area (Å²) in [5.74, 6) is -0.285. The zero-order valence-electron chi connectivity index (χ0n) is 29.7. The average Bonchev–Trinajstić information content (AvgIpc) is 3.59. The normalized spacial score (nSPS) is 31.8. The highest BCUT2D eigenvalue weighted by molar-refractivity contribution is 6.47. The van der Waals surface area contributed by atoms with E-state index in [9.17, 15) is 19.2 Å². The first-order chi connectivity index (χ1) is 22.5. The molecule has 6 atom stereocenters. The molecule has 6 fully saturated rings. The van der Waals surface area contributed by atoms with Gasteiger partial charge in [-0.1, -0.05) is 39.8 Å². The summed E-state index contributed by atoms with van der Waals surface area (Å²) >= 11 is 0. The Morgan fingerprint density at radius 3 is 2.56 bits per heavy atom. The predicted molar refractivity (Wildman–Crippen MR) is 181 cm³/mol. The Labute approximate surface area is 285 Å². The van der Waals surface area contributed by atoms with Crippen molar-refractivity contribution >= 4 is 19.1 Å². The second-order valence-electron chi connectivity index (χ2n) is 17.0. The molecule has 3 aliphatic carbocycles. The number of carbonyl (C=O) groups excluding carboxylic acids is 2. The van der Waals surface area contributed by atoms with E-state index in [4.69, 9.17) is 14.0 Å². The van der Waals surface area contributed by atoms with E-state index in [-0.39, 0.29) is 40.8 Å². The minimum absolute atomic E-state index is 0.0601. The van der Waals surface area contributed by atoms with Crippen LogP contribution in [-0.4, -0.2) is 84.4 Å². The number of nitrogens with zero attached hydrogens (tertiary/aromatic N) is 3. The van der Waals surface area contributed by atoms with Crippen molar-refractivity contribution in [2.24, 2.45) is 22.7 Å². The molecule has 3 aliphatic heterocycles. The second-order valence-corrected chi connectivity index (χ2v) is 17.0. The lowest BCUT2D eigenvalue weighted by Gasteiger charge is -2.64. The summed E-state index contributed by atoms with van der Waals surface area (Å²) in [5.41, 5.74) is 0.417. The Balaban J connectivity index is 1.11. The van der Waals surface area contributed by atoms with Crippen molar-refractivity contribution in [1.29, 1.82) is 5.26 Å². The molecule has 1 N–H and O–H groups in total. The van der Waals surface area contributed by atoms with E-state index in [0.717, 1.165) is 37.9 Å². The summed E-state index contributed by atoms with van der Waals surface area (Å²) < 4.78 is 32.9. The van der Waals surface area contributed by atoms with Crippen LogP contribution in [0.15, 0.2) is 35.9 Å². The third kappa shape index (κ3) is 6.77. The van der Waals surface area contributed by atoms with Gasteiger partial charge in [0.25, 0.3) is 5.91 Å². The first-order valence-corrected chi connectivity index (χ1v) is 17.7. The van der Waals surface area contributed by atoms with E-state index in [2.05, 4.69) is 50.9 Å². The number of hydrogen-bond donors (Lipinski definition) is 1. The largest absolute Gasteiger partial charge is 0.482 e. The molecule has 2 amide bonds. The number of ether oxygens (including phenoxy) is 1. The van der Waals surface area contributed by atoms with Gasteiger partial charge in [0.05, 0.1) is 24.2 Å². The number of hydrogen-bond acceptors (Lipinski definition) is 7. The molecule has 0 aromatic heterocycles. The van der Waals surface area contributed by atoms with Gasteiger partial charge in [0.2, 0.25) is 0 Å². The predicted octanol–water partition coefficient (Wildman–Crippen LogP) is 5.68. The van der Waals surface area contributed by atoms with Crippen LogP contribution < -0.4 is 5.32 Å². The third-order valence-electron chi connectivity index (χ3n) is 12.2. The van der Waals surface area contributed by atoms with Crippen LogP contribution in [0, 0.1) is 39.8 Å². The number of piperidine rings is 1. The Morgan fingerprint density at radius 1 is 1.19 bits per heavy atom. The number of likely N-dealkylation sites (tertiary alicyclic amines) is 2. The van der Waals surface area contributed by atoms with E-state index in [1.165, 1.54) is 12.1 Å². The van der Waals surface area contributed by atoms with Crippen LogP contribution in [0.25, 0.3) is 0 Å². The van der Waals surface area contributed by atoms with Crippen molar-refractivity contribution in [2.45, 2.75) is 116 Å². The summed E-state index contributed by atoms with van der Waals surface area (Å²) in [6.07, 6.45) is 5.31. The van der Waals surface area contributed by atoms with E-state index in [1.54, 1.807) is 23.1 Å². The third-order valence-corrected chi connectivity index (χ3v) is 12.2. The fourth-order valence-electron chi connectivity index (χ4n) is 9.08. The summed E-state index contributed by atoms with van der Waals surface area (Å²) in [6, 6.07) is 8.37. The summed E-state index contributed by atoms with van der Waals surface area (Å²) in [5, 5.41) is 13.0. The standard InChI is InChI=1S/C37H52BFN4O5/c1-34(2)14-16-43(23-34)35(3,4)20-25(21-40)32(44)42-15-8-9-28(22-42)46-33(45)41-31(17-24-10-12-27(39)13-11-24)38-47-30-19-26-18-29(36(26,5)6)37(30,7)48-38/h10-13,20,26,28-31H,8-9,14-19,22-23H2,1-7H3,(H,41,45)/t26-,28-,29-,30+,31?,37-/m0/s1. The molecule has 0 spiro atoms. The molecule has 7 rings (SSSR count). The van der Waals surface area contributed by atoms with Gasteiger partial charge in [-0.15, -0.1) is 0 Å². The van der Waals surface area contributed by atoms with Gasteiger partial charge < -0.3 is 24.3 Å². The molecule has 1 unspecified atom stereocenters. The second kappa shape index (κ2) is 12.7. The first kappa shape index (κ1) is 34.9. The summed E-state index contributed by atoms with van der Waals surface area (Å²) in [6.45, 7) is 17.8. The van der Waals surface area contributed by atoms with Crippen LogP contribution in [-0.2, 0) is 25.3 Å². The number of amides is 2. The van der Waals surface area contributed by atoms with Crippen LogP contribution in [0.5, 0.6) is 0 Å². The maximum absolute atomic E-state index is 13.7. The molecular weight excluding hydrogens is 610 g/mol. The highest BCUT2D eigenvalue weighted by Crippen LogP contribution is 2.65. The van der Waals surface area contributed by atoms with Crippen LogP contribution in [0.1, 0.15) is 86.1 Å². The fraction of sp³-hybridized carbons (Fsp3) is 0.703. The van der Waals surface area contributed by atoms with Gasteiger partial charge in [-0.05, 0) is 112 Å². The topological polar surface area (TPSA) is 104 Å². The number of halogens is 1. The highest BCUT2D eigenvalue weighted by atomic mass is 19.1. The Morgan fingerprint density at radius 2 is 1.92 bits per heavy atom. The van der Waals surface area contributed by atoms with Gasteiger partial charge in [0.15, 0.2) is 0 Å². The average molecular weight is 663 g/mol. The van der Waals surface area contributed by atoms with Gasteiger partial charge >= 0.3 is 13.2 Å². The number of carbonyl (C=O) groups is 2. The van der Waals surface area contributed by atoms with Gasteiger partial charge in [-0.3, -0.25) is 9.69 Å². The molecule has 2 bridgehead atoms. The van der Waals surface area contributed by atoms with Crippen molar-refractivity contribution in [3.8, 4) is 6.07 Å². The molecule has 1 aromatic carbocycles. The van der Waals surface area contributed by atoms with E-state index < -0.39 is 36.4 Å². The molecule has 3 saturated heterocycles. The lowest BCUT2D eigenvalue weighted by atomic mass is 9.43. The van der Waals surface area contributed by atoms with E-state index >= 15 is 0 Å². The SMILES string of the molecule is CC1(C)CCN(C(C)(C)C=C(C#N)C(=O)N2CCC[C@H](OC(=O)NC(Cc3ccc(F)cc3)B3O[C@@H]4C[C@@H]5C[C@@H](C5(C)C)[C@]4(C)O3)C2)C1. The number of alkyl carbamates (subject to hydrolysis) is 1. The molecule has 9 nitrogen and oxygen atoms in total. The van der Waals surface area contributed by atoms with Crippen LogP contribution in [0.3, 0.4) is 0 Å². The zero-order valence-corrected chi connectivity index (χ0v) is 29.7. The quantitative estimate of drug-likeness (QED) is 0.217. The smallest absolute Gasteiger partial charge is 0.444 e. The minimum atomic E-state index is -0.690. The lowest BCUT2D eigenvalue weighted by Crippen LogP contribution is -2.65. The zero-order chi connectivity index (χ0) is 34.6. The van der Waals surface area contributed by atoms with Crippen molar-refractivity contribution in [2.75, 3.05) is 26.2 Å². The Hall–Kier alpha value is -2.94. The molecule has 0 radical (unpaired) electrons. The van der Waals surface area contributed by atoms with Crippen molar-refractivity contribution in [1.82, 2.24) is 15.1 Å². The van der Waals surface area contributed by atoms with Crippen LogP contribution in [0.4, 0.5) is 9.18 Å². The first-order valence-electron chi connectivity index (χ1n) is 17.7. The number of nitriles is 1. The summed E-state index contributed by atoms with van der Waals surface area (Å²) in [7, 11) is -0.690. The molecule has 3 saturated carbocycles. The number of benzene rings is 1. The van der Waals surface area contributed by atoms with E-state index in [0.29, 0.717) is 37.6 Å². The Kier molecular flexibility index (Phi) is 9.27.